The van der Waals surface area contributed by atoms with Crippen LogP contribution in [0.5, 0.6) is 0 Å². The van der Waals surface area contributed by atoms with Gasteiger partial charge in [-0.2, -0.15) is 0 Å². The molecule has 0 saturated heterocycles. The van der Waals surface area contributed by atoms with Gasteiger partial charge in [-0.15, -0.1) is 5.10 Å². The molecule has 0 aliphatic rings. The van der Waals surface area contributed by atoms with E-state index in [-0.39, 0.29) is 6.04 Å². The predicted octanol–water partition coefficient (Wildman–Crippen LogP) is 2.39. The minimum atomic E-state index is -0.0804. The molecule has 0 saturated carbocycles. The average molecular weight is 283 g/mol. The van der Waals surface area contributed by atoms with Crippen molar-refractivity contribution in [3.05, 3.63) is 54.3 Å². The van der Waals surface area contributed by atoms with Gasteiger partial charge < -0.3 is 10.2 Å². The van der Waals surface area contributed by atoms with E-state index in [4.69, 9.17) is 10.2 Å². The lowest BCUT2D eigenvalue weighted by molar-refractivity contribution is 0.469. The van der Waals surface area contributed by atoms with Gasteiger partial charge in [0.25, 0.3) is 0 Å². The molecule has 0 spiro atoms. The van der Waals surface area contributed by atoms with Crippen molar-refractivity contribution in [3.8, 4) is 11.3 Å². The first kappa shape index (κ1) is 13.5. The minimum absolute atomic E-state index is 0.0804. The smallest absolute Gasteiger partial charge is 0.216 e. The van der Waals surface area contributed by atoms with Crippen LogP contribution in [-0.2, 0) is 6.54 Å². The van der Waals surface area contributed by atoms with E-state index in [0.29, 0.717) is 12.4 Å². The third kappa shape index (κ3) is 3.00. The molecule has 0 amide bonds. The molecule has 6 heteroatoms. The number of hydrogen-bond donors (Lipinski definition) is 1. The Morgan fingerprint density at radius 2 is 2.10 bits per heavy atom. The van der Waals surface area contributed by atoms with Crippen molar-refractivity contribution < 1.29 is 4.42 Å². The summed E-state index contributed by atoms with van der Waals surface area (Å²) < 4.78 is 7.42. The molecular weight excluding hydrogens is 266 g/mol. The Morgan fingerprint density at radius 3 is 2.86 bits per heavy atom. The zero-order valence-corrected chi connectivity index (χ0v) is 11.8. The monoisotopic (exact) mass is 283 g/mol. The Labute approximate surface area is 122 Å². The van der Waals surface area contributed by atoms with Crippen LogP contribution in [0.2, 0.25) is 0 Å². The molecule has 3 aromatic rings. The molecule has 2 heterocycles. The van der Waals surface area contributed by atoms with E-state index in [2.05, 4.69) is 15.3 Å². The van der Waals surface area contributed by atoms with E-state index in [1.54, 1.807) is 10.9 Å². The summed E-state index contributed by atoms with van der Waals surface area (Å²) in [6, 6.07) is 9.79. The molecule has 1 unspecified atom stereocenters. The van der Waals surface area contributed by atoms with Crippen molar-refractivity contribution >= 4 is 0 Å². The fourth-order valence-electron chi connectivity index (χ4n) is 2.03. The van der Waals surface area contributed by atoms with Crippen LogP contribution in [0.3, 0.4) is 0 Å². The van der Waals surface area contributed by atoms with Crippen LogP contribution in [0.25, 0.3) is 11.3 Å². The molecule has 0 aliphatic carbocycles. The van der Waals surface area contributed by atoms with Gasteiger partial charge in [0.05, 0.1) is 24.1 Å². The topological polar surface area (TPSA) is 82.8 Å². The highest BCUT2D eigenvalue weighted by molar-refractivity contribution is 5.55. The van der Waals surface area contributed by atoms with Gasteiger partial charge in [0, 0.05) is 5.56 Å². The van der Waals surface area contributed by atoms with Gasteiger partial charge >= 0.3 is 0 Å². The van der Waals surface area contributed by atoms with Crippen LogP contribution < -0.4 is 5.73 Å². The normalized spacial score (nSPS) is 12.5. The van der Waals surface area contributed by atoms with Crippen molar-refractivity contribution in [3.63, 3.8) is 0 Å². The quantitative estimate of drug-likeness (QED) is 0.777. The Balaban J connectivity index is 1.74. The van der Waals surface area contributed by atoms with Crippen LogP contribution in [0.4, 0.5) is 0 Å². The second-order valence-electron chi connectivity index (χ2n) is 4.84. The standard InChI is InChI=1S/C15H17N5O/c1-2-12(16)13-9-20(19-18-13)10-15-17-8-14(21-15)11-6-4-3-5-7-11/h3-9,12H,2,10,16H2,1H3. The summed E-state index contributed by atoms with van der Waals surface area (Å²) in [4.78, 5) is 4.28. The predicted molar refractivity (Wildman–Crippen MR) is 78.3 cm³/mol. The van der Waals surface area contributed by atoms with Gasteiger partial charge in [0.2, 0.25) is 5.89 Å². The highest BCUT2D eigenvalue weighted by Gasteiger charge is 2.11. The van der Waals surface area contributed by atoms with Crippen LogP contribution >= 0.6 is 0 Å². The zero-order valence-electron chi connectivity index (χ0n) is 11.8. The van der Waals surface area contributed by atoms with Crippen molar-refractivity contribution in [2.45, 2.75) is 25.9 Å². The average Bonchev–Trinajstić information content (AvgIpc) is 3.17. The molecule has 108 valence electrons. The van der Waals surface area contributed by atoms with Gasteiger partial charge in [0.1, 0.15) is 6.54 Å². The lowest BCUT2D eigenvalue weighted by Gasteiger charge is -2.01. The fourth-order valence-corrected chi connectivity index (χ4v) is 2.03. The van der Waals surface area contributed by atoms with E-state index >= 15 is 0 Å². The van der Waals surface area contributed by atoms with E-state index in [1.807, 2.05) is 43.5 Å². The maximum Gasteiger partial charge on any atom is 0.216 e. The molecule has 0 aliphatic heterocycles. The van der Waals surface area contributed by atoms with Crippen LogP contribution in [0.1, 0.15) is 31.0 Å². The first-order valence-corrected chi connectivity index (χ1v) is 6.92. The summed E-state index contributed by atoms with van der Waals surface area (Å²) in [5, 5.41) is 8.12. The fraction of sp³-hybridized carbons (Fsp3) is 0.267. The molecule has 6 nitrogen and oxygen atoms in total. The van der Waals surface area contributed by atoms with Crippen LogP contribution in [0, 0.1) is 0 Å². The SMILES string of the molecule is CCC(N)c1cn(Cc2ncc(-c3ccccc3)o2)nn1. The van der Waals surface area contributed by atoms with E-state index in [0.717, 1.165) is 23.4 Å². The highest BCUT2D eigenvalue weighted by Crippen LogP contribution is 2.20. The highest BCUT2D eigenvalue weighted by atomic mass is 16.4. The number of hydrogen-bond acceptors (Lipinski definition) is 5. The van der Waals surface area contributed by atoms with Crippen molar-refractivity contribution in [2.24, 2.45) is 5.73 Å². The number of nitrogens with two attached hydrogens (primary N) is 1. The lowest BCUT2D eigenvalue weighted by atomic mass is 10.2. The first-order valence-electron chi connectivity index (χ1n) is 6.92. The lowest BCUT2D eigenvalue weighted by Crippen LogP contribution is -2.08. The first-order chi connectivity index (χ1) is 10.3. The molecule has 21 heavy (non-hydrogen) atoms. The largest absolute Gasteiger partial charge is 0.439 e. The number of nitrogens with zero attached hydrogens (tertiary/aromatic N) is 4. The second-order valence-corrected chi connectivity index (χ2v) is 4.84. The second kappa shape index (κ2) is 5.88. The Hall–Kier alpha value is -2.47. The molecule has 2 N–H and O–H groups in total. The number of benzene rings is 1. The van der Waals surface area contributed by atoms with E-state index in [1.165, 1.54) is 0 Å². The summed E-state index contributed by atoms with van der Waals surface area (Å²) in [6.07, 6.45) is 4.39. The van der Waals surface area contributed by atoms with Crippen molar-refractivity contribution in [1.29, 1.82) is 0 Å². The zero-order chi connectivity index (χ0) is 14.7. The Kier molecular flexibility index (Phi) is 3.79. The summed E-state index contributed by atoms with van der Waals surface area (Å²) in [6.45, 7) is 2.46. The maximum atomic E-state index is 5.93. The van der Waals surface area contributed by atoms with Gasteiger partial charge in [-0.3, -0.25) is 0 Å². The van der Waals surface area contributed by atoms with Gasteiger partial charge in [-0.05, 0) is 6.42 Å². The third-order valence-corrected chi connectivity index (χ3v) is 3.29. The minimum Gasteiger partial charge on any atom is -0.439 e. The third-order valence-electron chi connectivity index (χ3n) is 3.29. The van der Waals surface area contributed by atoms with Crippen LogP contribution in [-0.4, -0.2) is 20.0 Å². The Bertz CT molecular complexity index is 704. The molecule has 3 rings (SSSR count). The molecule has 2 aromatic heterocycles. The molecule has 1 atom stereocenters. The summed E-state index contributed by atoms with van der Waals surface area (Å²) >= 11 is 0. The van der Waals surface area contributed by atoms with Gasteiger partial charge in [0.15, 0.2) is 5.76 Å². The van der Waals surface area contributed by atoms with Crippen molar-refractivity contribution in [2.75, 3.05) is 0 Å². The number of oxazole rings is 1. The molecule has 0 bridgehead atoms. The van der Waals surface area contributed by atoms with Gasteiger partial charge in [-0.25, -0.2) is 9.67 Å². The van der Waals surface area contributed by atoms with E-state index < -0.39 is 0 Å². The molecular formula is C15H17N5O. The summed E-state index contributed by atoms with van der Waals surface area (Å²) in [5.74, 6) is 1.34. The van der Waals surface area contributed by atoms with Crippen LogP contribution in [0.15, 0.2) is 47.1 Å². The molecule has 0 radical (unpaired) electrons. The molecule has 1 aromatic carbocycles. The summed E-state index contributed by atoms with van der Waals surface area (Å²) in [5.41, 5.74) is 7.71. The van der Waals surface area contributed by atoms with Crippen molar-refractivity contribution in [1.82, 2.24) is 20.0 Å². The molecule has 0 fully saturated rings. The van der Waals surface area contributed by atoms with E-state index in [9.17, 15) is 0 Å². The Morgan fingerprint density at radius 1 is 1.29 bits per heavy atom. The maximum absolute atomic E-state index is 5.93. The summed E-state index contributed by atoms with van der Waals surface area (Å²) in [7, 11) is 0. The number of rotatable bonds is 5. The van der Waals surface area contributed by atoms with Gasteiger partial charge in [-0.1, -0.05) is 42.5 Å². The number of aromatic nitrogens is 4.